The second-order valence-corrected chi connectivity index (χ2v) is 6.33. The van der Waals surface area contributed by atoms with Gasteiger partial charge in [0.05, 0.1) is 28.0 Å². The van der Waals surface area contributed by atoms with Gasteiger partial charge in [-0.2, -0.15) is 13.2 Å². The van der Waals surface area contributed by atoms with Crippen molar-refractivity contribution in [2.24, 2.45) is 0 Å². The molecule has 0 aliphatic rings. The Hall–Kier alpha value is -2.39. The number of hydrogen-bond acceptors (Lipinski definition) is 4. The van der Waals surface area contributed by atoms with Gasteiger partial charge in [0.15, 0.2) is 0 Å². The number of nitrogens with zero attached hydrogens (tertiary/aromatic N) is 2. The van der Waals surface area contributed by atoms with Crippen molar-refractivity contribution in [3.63, 3.8) is 0 Å². The Labute approximate surface area is 147 Å². The molecule has 2 aromatic heterocycles. The number of nitrogens with one attached hydrogen (secondary N) is 1. The third kappa shape index (κ3) is 3.52. The minimum Gasteiger partial charge on any atom is -0.323 e. The van der Waals surface area contributed by atoms with Gasteiger partial charge < -0.3 is 5.32 Å². The number of carbonyl (C=O) groups excluding carboxylic acids is 1. The third-order valence-corrected chi connectivity index (χ3v) is 4.48. The molecule has 3 aromatic rings. The van der Waals surface area contributed by atoms with Crippen LogP contribution in [0.25, 0.3) is 10.2 Å². The van der Waals surface area contributed by atoms with E-state index in [1.54, 1.807) is 11.4 Å². The van der Waals surface area contributed by atoms with Gasteiger partial charge in [0.25, 0.3) is 5.56 Å². The molecular weight excluding hydrogens is 379 g/mol. The number of alkyl halides is 3. The molecule has 0 aliphatic heterocycles. The summed E-state index contributed by atoms with van der Waals surface area (Å²) in [5.74, 6) is -0.822. The molecule has 3 rings (SSSR count). The Bertz CT molecular complexity index is 1010. The first-order valence-electron chi connectivity index (χ1n) is 6.85. The highest BCUT2D eigenvalue weighted by Gasteiger charge is 2.34. The number of amides is 1. The lowest BCUT2D eigenvalue weighted by molar-refractivity contribution is -0.137. The number of benzene rings is 1. The van der Waals surface area contributed by atoms with Gasteiger partial charge in [0, 0.05) is 0 Å². The minimum atomic E-state index is -4.68. The number of fused-ring (bicyclic) bond motifs is 1. The number of hydrogen-bond donors (Lipinski definition) is 1. The van der Waals surface area contributed by atoms with E-state index in [0.29, 0.717) is 10.2 Å². The molecule has 1 N–H and O–H groups in total. The van der Waals surface area contributed by atoms with E-state index in [2.05, 4.69) is 10.3 Å². The second kappa shape index (κ2) is 6.49. The fourth-order valence-electron chi connectivity index (χ4n) is 2.23. The molecule has 0 unspecified atom stereocenters. The van der Waals surface area contributed by atoms with E-state index in [-0.39, 0.29) is 5.02 Å². The monoisotopic (exact) mass is 387 g/mol. The van der Waals surface area contributed by atoms with Crippen molar-refractivity contribution < 1.29 is 18.0 Å². The standard InChI is InChI=1S/C15H9ClF3N3O2S/c16-10-3-1-2-9(15(17,18)19)12(10)21-11(23)6-22-7-20-13-8(14(22)24)4-5-25-13/h1-5,7H,6H2,(H,21,23). The van der Waals surface area contributed by atoms with Crippen LogP contribution >= 0.6 is 22.9 Å². The van der Waals surface area contributed by atoms with Crippen molar-refractivity contribution in [1.82, 2.24) is 9.55 Å². The van der Waals surface area contributed by atoms with Gasteiger partial charge in [-0.25, -0.2) is 4.98 Å². The molecule has 0 bridgehead atoms. The van der Waals surface area contributed by atoms with E-state index in [9.17, 15) is 22.8 Å². The first kappa shape index (κ1) is 17.4. The van der Waals surface area contributed by atoms with Crippen molar-refractivity contribution in [3.8, 4) is 0 Å². The highest BCUT2D eigenvalue weighted by atomic mass is 35.5. The number of carbonyl (C=O) groups is 1. The number of anilines is 1. The quantitative estimate of drug-likeness (QED) is 0.744. The maximum Gasteiger partial charge on any atom is 0.418 e. The average Bonchev–Trinajstić information content (AvgIpc) is 3.00. The van der Waals surface area contributed by atoms with Crippen LogP contribution in [0.4, 0.5) is 18.9 Å². The Morgan fingerprint density at radius 3 is 2.80 bits per heavy atom. The largest absolute Gasteiger partial charge is 0.418 e. The number of aromatic nitrogens is 2. The van der Waals surface area contributed by atoms with E-state index >= 15 is 0 Å². The Kier molecular flexibility index (Phi) is 4.53. The van der Waals surface area contributed by atoms with Crippen LogP contribution in [0, 0.1) is 0 Å². The van der Waals surface area contributed by atoms with Gasteiger partial charge in [-0.15, -0.1) is 11.3 Å². The zero-order valence-electron chi connectivity index (χ0n) is 12.3. The van der Waals surface area contributed by atoms with Crippen LogP contribution in [-0.2, 0) is 17.5 Å². The Balaban J connectivity index is 1.88. The molecule has 0 aliphatic carbocycles. The van der Waals surface area contributed by atoms with Crippen LogP contribution in [0.5, 0.6) is 0 Å². The number of para-hydroxylation sites is 1. The summed E-state index contributed by atoms with van der Waals surface area (Å²) in [6.07, 6.45) is -3.50. The van der Waals surface area contributed by atoms with Gasteiger partial charge >= 0.3 is 6.18 Å². The second-order valence-electron chi connectivity index (χ2n) is 5.03. The van der Waals surface area contributed by atoms with E-state index in [4.69, 9.17) is 11.6 Å². The molecule has 2 heterocycles. The predicted molar refractivity (Wildman–Crippen MR) is 89.0 cm³/mol. The first-order chi connectivity index (χ1) is 11.8. The van der Waals surface area contributed by atoms with Gasteiger partial charge in [-0.3, -0.25) is 14.2 Å². The molecule has 0 fully saturated rings. The molecule has 0 saturated heterocycles. The van der Waals surface area contributed by atoms with Gasteiger partial charge in [0.1, 0.15) is 11.4 Å². The molecule has 1 amide bonds. The lowest BCUT2D eigenvalue weighted by atomic mass is 10.1. The average molecular weight is 388 g/mol. The minimum absolute atomic E-state index is 0.248. The fraction of sp³-hybridized carbons (Fsp3) is 0.133. The maximum absolute atomic E-state index is 13.0. The van der Waals surface area contributed by atoms with Gasteiger partial charge in [-0.1, -0.05) is 17.7 Å². The molecule has 5 nitrogen and oxygen atoms in total. The lowest BCUT2D eigenvalue weighted by Crippen LogP contribution is -2.28. The molecule has 0 radical (unpaired) electrons. The number of thiophene rings is 1. The summed E-state index contributed by atoms with van der Waals surface area (Å²) in [4.78, 5) is 28.9. The Morgan fingerprint density at radius 1 is 1.32 bits per heavy atom. The molecule has 0 spiro atoms. The molecular formula is C15H9ClF3N3O2S. The van der Waals surface area contributed by atoms with Crippen molar-refractivity contribution in [2.75, 3.05) is 5.32 Å². The van der Waals surface area contributed by atoms with Crippen LogP contribution in [0.1, 0.15) is 5.56 Å². The maximum atomic E-state index is 13.0. The molecule has 0 atom stereocenters. The summed E-state index contributed by atoms with van der Waals surface area (Å²) in [7, 11) is 0. The zero-order chi connectivity index (χ0) is 18.2. The Morgan fingerprint density at radius 2 is 2.08 bits per heavy atom. The number of rotatable bonds is 3. The molecule has 0 saturated carbocycles. The summed E-state index contributed by atoms with van der Waals surface area (Å²) < 4.78 is 40.1. The lowest BCUT2D eigenvalue weighted by Gasteiger charge is -2.15. The zero-order valence-corrected chi connectivity index (χ0v) is 13.9. The van der Waals surface area contributed by atoms with Crippen LogP contribution in [0.3, 0.4) is 0 Å². The van der Waals surface area contributed by atoms with Crippen LogP contribution in [-0.4, -0.2) is 15.5 Å². The van der Waals surface area contributed by atoms with Crippen molar-refractivity contribution in [3.05, 3.63) is 56.9 Å². The first-order valence-corrected chi connectivity index (χ1v) is 8.11. The van der Waals surface area contributed by atoms with Crippen LogP contribution in [0.2, 0.25) is 5.02 Å². The topological polar surface area (TPSA) is 64.0 Å². The molecule has 1 aromatic carbocycles. The van der Waals surface area contributed by atoms with Gasteiger partial charge in [-0.05, 0) is 23.6 Å². The van der Waals surface area contributed by atoms with Crippen LogP contribution < -0.4 is 10.9 Å². The third-order valence-electron chi connectivity index (χ3n) is 3.35. The van der Waals surface area contributed by atoms with E-state index < -0.39 is 35.4 Å². The molecule has 25 heavy (non-hydrogen) atoms. The predicted octanol–water partition coefficient (Wildman–Crippen LogP) is 3.77. The normalized spacial score (nSPS) is 11.7. The summed E-state index contributed by atoms with van der Waals surface area (Å²) in [5.41, 5.74) is -2.05. The van der Waals surface area contributed by atoms with E-state index in [0.717, 1.165) is 16.7 Å². The molecule has 10 heteroatoms. The highest BCUT2D eigenvalue weighted by molar-refractivity contribution is 7.16. The summed E-state index contributed by atoms with van der Waals surface area (Å²) in [6, 6.07) is 4.75. The van der Waals surface area contributed by atoms with Crippen molar-refractivity contribution in [2.45, 2.75) is 12.7 Å². The van der Waals surface area contributed by atoms with E-state index in [1.807, 2.05) is 0 Å². The highest BCUT2D eigenvalue weighted by Crippen LogP contribution is 2.38. The van der Waals surface area contributed by atoms with Crippen molar-refractivity contribution >= 4 is 44.7 Å². The smallest absolute Gasteiger partial charge is 0.323 e. The van der Waals surface area contributed by atoms with Crippen LogP contribution in [0.15, 0.2) is 40.8 Å². The van der Waals surface area contributed by atoms with E-state index in [1.165, 1.54) is 23.7 Å². The summed E-state index contributed by atoms with van der Waals surface area (Å²) in [6.45, 7) is -0.486. The molecule has 130 valence electrons. The summed E-state index contributed by atoms with van der Waals surface area (Å²) in [5, 5.41) is 3.90. The summed E-state index contributed by atoms with van der Waals surface area (Å²) >= 11 is 7.05. The number of halogens is 4. The SMILES string of the molecule is O=C(Cn1cnc2sccc2c1=O)Nc1c(Cl)cccc1C(F)(F)F. The fourth-order valence-corrected chi connectivity index (χ4v) is 3.17. The van der Waals surface area contributed by atoms with Crippen molar-refractivity contribution in [1.29, 1.82) is 0 Å². The van der Waals surface area contributed by atoms with Gasteiger partial charge in [0.2, 0.25) is 5.91 Å².